The minimum absolute atomic E-state index is 0.120. The van der Waals surface area contributed by atoms with Crippen molar-refractivity contribution < 1.29 is 26.4 Å². The summed E-state index contributed by atoms with van der Waals surface area (Å²) in [5.41, 5.74) is -0.237. The molecule has 2 aromatic rings. The molecule has 29 heavy (non-hydrogen) atoms. The molecule has 0 atom stereocenters. The maximum Gasteiger partial charge on any atom is 0.243 e. The van der Waals surface area contributed by atoms with Crippen LogP contribution in [0.1, 0.15) is 32.1 Å². The Hall–Kier alpha value is -2.39. The number of carbonyl (C=O) groups is 1. The van der Waals surface area contributed by atoms with Gasteiger partial charge in [-0.3, -0.25) is 4.79 Å². The van der Waals surface area contributed by atoms with Crippen molar-refractivity contribution in [2.45, 2.75) is 43.0 Å². The molecule has 0 bridgehead atoms. The van der Waals surface area contributed by atoms with E-state index in [2.05, 4.69) is 5.32 Å². The molecule has 0 saturated heterocycles. The zero-order chi connectivity index (χ0) is 21.0. The quantitative estimate of drug-likeness (QED) is 0.757. The first-order valence-corrected chi connectivity index (χ1v) is 10.7. The van der Waals surface area contributed by atoms with Crippen LogP contribution < -0.4 is 5.32 Å². The maximum absolute atomic E-state index is 13.8. The van der Waals surface area contributed by atoms with Gasteiger partial charge in [0.1, 0.15) is 17.5 Å². The number of hydrogen-bond acceptors (Lipinski definition) is 3. The molecule has 0 heterocycles. The van der Waals surface area contributed by atoms with Gasteiger partial charge in [0.15, 0.2) is 0 Å². The maximum atomic E-state index is 13.8. The van der Waals surface area contributed by atoms with Gasteiger partial charge < -0.3 is 5.32 Å². The summed E-state index contributed by atoms with van der Waals surface area (Å²) in [5.74, 6) is -3.06. The number of amides is 1. The van der Waals surface area contributed by atoms with Gasteiger partial charge in [-0.2, -0.15) is 4.31 Å². The van der Waals surface area contributed by atoms with Crippen LogP contribution in [-0.2, 0) is 14.8 Å². The number of rotatable bonds is 6. The predicted molar refractivity (Wildman–Crippen MR) is 102 cm³/mol. The van der Waals surface area contributed by atoms with Gasteiger partial charge in [-0.1, -0.05) is 19.3 Å². The Kier molecular flexibility index (Phi) is 6.59. The van der Waals surface area contributed by atoms with Crippen LogP contribution in [0.15, 0.2) is 47.4 Å². The van der Waals surface area contributed by atoms with E-state index in [1.54, 1.807) is 0 Å². The van der Waals surface area contributed by atoms with Gasteiger partial charge in [-0.25, -0.2) is 21.6 Å². The SMILES string of the molecule is O=C(CN(C1CCCCC1)S(=O)(=O)c1ccc(F)cc1)Nc1ccc(F)cc1F. The van der Waals surface area contributed by atoms with Crippen LogP contribution in [0.25, 0.3) is 0 Å². The van der Waals surface area contributed by atoms with Crippen LogP contribution in [0.5, 0.6) is 0 Å². The molecule has 3 rings (SSSR count). The van der Waals surface area contributed by atoms with Crippen LogP contribution >= 0.6 is 0 Å². The Morgan fingerprint density at radius 2 is 1.59 bits per heavy atom. The fraction of sp³-hybridized carbons (Fsp3) is 0.350. The molecule has 1 aliphatic carbocycles. The Morgan fingerprint density at radius 3 is 2.21 bits per heavy atom. The van der Waals surface area contributed by atoms with Crippen LogP contribution in [0.2, 0.25) is 0 Å². The lowest BCUT2D eigenvalue weighted by molar-refractivity contribution is -0.116. The first-order valence-electron chi connectivity index (χ1n) is 9.29. The smallest absolute Gasteiger partial charge is 0.243 e. The second-order valence-corrected chi connectivity index (χ2v) is 8.86. The van der Waals surface area contributed by atoms with Crippen molar-refractivity contribution in [2.24, 2.45) is 0 Å². The summed E-state index contributed by atoms with van der Waals surface area (Å²) in [6.07, 6.45) is 3.83. The van der Waals surface area contributed by atoms with Crippen molar-refractivity contribution >= 4 is 21.6 Å². The van der Waals surface area contributed by atoms with E-state index in [0.717, 1.165) is 60.0 Å². The molecule has 1 saturated carbocycles. The van der Waals surface area contributed by atoms with Crippen LogP contribution in [-0.4, -0.2) is 31.2 Å². The average molecular weight is 426 g/mol. The van der Waals surface area contributed by atoms with Crippen LogP contribution in [0.4, 0.5) is 18.9 Å². The van der Waals surface area contributed by atoms with E-state index in [1.165, 1.54) is 0 Å². The van der Waals surface area contributed by atoms with E-state index in [-0.39, 0.29) is 16.6 Å². The second-order valence-electron chi connectivity index (χ2n) is 6.97. The Bertz CT molecular complexity index is 975. The largest absolute Gasteiger partial charge is 0.322 e. The number of nitrogens with one attached hydrogen (secondary N) is 1. The summed E-state index contributed by atoms with van der Waals surface area (Å²) in [6, 6.07) is 6.69. The third-order valence-electron chi connectivity index (χ3n) is 4.91. The minimum atomic E-state index is -4.07. The molecule has 0 aromatic heterocycles. The molecule has 5 nitrogen and oxygen atoms in total. The van der Waals surface area contributed by atoms with Gasteiger partial charge in [0, 0.05) is 12.1 Å². The Labute approximate surface area is 167 Å². The number of hydrogen-bond donors (Lipinski definition) is 1. The van der Waals surface area contributed by atoms with Gasteiger partial charge in [0.2, 0.25) is 15.9 Å². The number of benzene rings is 2. The number of halogens is 3. The third-order valence-corrected chi connectivity index (χ3v) is 6.82. The highest BCUT2D eigenvalue weighted by Crippen LogP contribution is 2.28. The molecule has 9 heteroatoms. The topological polar surface area (TPSA) is 66.5 Å². The van der Waals surface area contributed by atoms with Crippen molar-refractivity contribution in [1.29, 1.82) is 0 Å². The van der Waals surface area contributed by atoms with Crippen molar-refractivity contribution in [3.63, 3.8) is 0 Å². The monoisotopic (exact) mass is 426 g/mol. The lowest BCUT2D eigenvalue weighted by Gasteiger charge is -2.33. The number of nitrogens with zero attached hydrogens (tertiary/aromatic N) is 1. The molecule has 0 radical (unpaired) electrons. The van der Waals surface area contributed by atoms with Crippen molar-refractivity contribution in [2.75, 3.05) is 11.9 Å². The van der Waals surface area contributed by atoms with Gasteiger partial charge in [-0.15, -0.1) is 0 Å². The first kappa shape index (κ1) is 21.3. The summed E-state index contributed by atoms with van der Waals surface area (Å²) in [5, 5.41) is 2.29. The van der Waals surface area contributed by atoms with E-state index < -0.39 is 39.9 Å². The Balaban J connectivity index is 1.85. The summed E-state index contributed by atoms with van der Waals surface area (Å²) < 4.78 is 67.5. The molecular weight excluding hydrogens is 405 g/mol. The number of carbonyl (C=O) groups excluding carboxylic acids is 1. The van der Waals surface area contributed by atoms with E-state index in [4.69, 9.17) is 0 Å². The number of sulfonamides is 1. The molecule has 2 aromatic carbocycles. The van der Waals surface area contributed by atoms with Crippen LogP contribution in [0, 0.1) is 17.5 Å². The van der Waals surface area contributed by atoms with Gasteiger partial charge in [0.05, 0.1) is 17.1 Å². The summed E-state index contributed by atoms with van der Waals surface area (Å²) >= 11 is 0. The van der Waals surface area contributed by atoms with Crippen molar-refractivity contribution in [3.05, 3.63) is 59.9 Å². The molecule has 1 N–H and O–H groups in total. The third kappa shape index (κ3) is 5.16. The molecule has 1 amide bonds. The summed E-state index contributed by atoms with van der Waals surface area (Å²) in [7, 11) is -4.07. The summed E-state index contributed by atoms with van der Waals surface area (Å²) in [6.45, 7) is -0.527. The highest BCUT2D eigenvalue weighted by molar-refractivity contribution is 7.89. The van der Waals surface area contributed by atoms with Gasteiger partial charge >= 0.3 is 0 Å². The first-order chi connectivity index (χ1) is 13.8. The summed E-state index contributed by atoms with van der Waals surface area (Å²) in [4.78, 5) is 12.4. The highest BCUT2D eigenvalue weighted by Gasteiger charge is 2.34. The van der Waals surface area contributed by atoms with E-state index in [1.807, 2.05) is 0 Å². The average Bonchev–Trinajstić information content (AvgIpc) is 2.69. The van der Waals surface area contributed by atoms with Gasteiger partial charge in [0.25, 0.3) is 0 Å². The zero-order valence-electron chi connectivity index (χ0n) is 15.6. The van der Waals surface area contributed by atoms with E-state index in [0.29, 0.717) is 18.9 Å². The molecule has 0 aliphatic heterocycles. The van der Waals surface area contributed by atoms with Crippen molar-refractivity contribution in [1.82, 2.24) is 4.31 Å². The lowest BCUT2D eigenvalue weighted by atomic mass is 9.95. The zero-order valence-corrected chi connectivity index (χ0v) is 16.4. The standard InChI is InChI=1S/C20H21F3N2O3S/c21-14-6-9-17(10-7-14)29(27,28)25(16-4-2-1-3-5-16)13-20(26)24-19-11-8-15(22)12-18(19)23/h6-12,16H,1-5,13H2,(H,24,26). The molecule has 1 aliphatic rings. The Morgan fingerprint density at radius 1 is 0.966 bits per heavy atom. The second kappa shape index (κ2) is 8.96. The van der Waals surface area contributed by atoms with Crippen molar-refractivity contribution in [3.8, 4) is 0 Å². The molecule has 1 fully saturated rings. The molecule has 156 valence electrons. The molecule has 0 unspecified atom stereocenters. The molecule has 0 spiro atoms. The normalized spacial score (nSPS) is 15.4. The minimum Gasteiger partial charge on any atom is -0.322 e. The van der Waals surface area contributed by atoms with E-state index >= 15 is 0 Å². The van der Waals surface area contributed by atoms with Crippen LogP contribution in [0.3, 0.4) is 0 Å². The predicted octanol–water partition coefficient (Wildman–Crippen LogP) is 4.07. The molecular formula is C20H21F3N2O3S. The lowest BCUT2D eigenvalue weighted by Crippen LogP contribution is -2.45. The highest BCUT2D eigenvalue weighted by atomic mass is 32.2. The fourth-order valence-corrected chi connectivity index (χ4v) is 5.08. The van der Waals surface area contributed by atoms with E-state index in [9.17, 15) is 26.4 Å². The number of anilines is 1. The fourth-order valence-electron chi connectivity index (χ4n) is 3.44. The van der Waals surface area contributed by atoms with Gasteiger partial charge in [-0.05, 0) is 49.2 Å².